The molecule has 3 heteroatoms. The Balaban J connectivity index is 0.000000497. The molecule has 0 radical (unpaired) electrons. The number of hydrogen-bond donors (Lipinski definition) is 0. The summed E-state index contributed by atoms with van der Waals surface area (Å²) in [6.45, 7) is 4.25. The molecule has 0 atom stereocenters. The number of rotatable bonds is 1. The third-order valence-corrected chi connectivity index (χ3v) is 2.98. The van der Waals surface area contributed by atoms with Crippen LogP contribution in [0.15, 0.2) is 54.6 Å². The van der Waals surface area contributed by atoms with E-state index in [0.29, 0.717) is 5.75 Å². The van der Waals surface area contributed by atoms with E-state index in [0.717, 1.165) is 21.5 Å². The molecule has 0 spiro atoms. The predicted molar refractivity (Wildman–Crippen MR) is 89.3 cm³/mol. The predicted octanol–water partition coefficient (Wildman–Crippen LogP) is 6.15. The highest BCUT2D eigenvalue weighted by Crippen LogP contribution is 2.35. The molecule has 0 bridgehead atoms. The largest absolute Gasteiger partial charge is 0.413 e. The third kappa shape index (κ3) is 3.53. The zero-order valence-corrected chi connectivity index (χ0v) is 12.9. The molecule has 108 valence electrons. The first-order valence-corrected chi connectivity index (χ1v) is 7.33. The summed E-state index contributed by atoms with van der Waals surface area (Å²) in [5.74, 6) is 0.517. The van der Waals surface area contributed by atoms with Crippen molar-refractivity contribution >= 4 is 38.6 Å². The second-order valence-corrected chi connectivity index (χ2v) is 5.00. The van der Waals surface area contributed by atoms with Crippen molar-refractivity contribution in [2.45, 2.75) is 20.3 Å². The Morgan fingerprint density at radius 1 is 0.952 bits per heavy atom. The minimum atomic E-state index is -0.823. The highest BCUT2D eigenvalue weighted by molar-refractivity contribution is 6.61. The van der Waals surface area contributed by atoms with E-state index in [-0.39, 0.29) is 0 Å². The average Bonchev–Trinajstić information content (AvgIpc) is 2.47. The van der Waals surface area contributed by atoms with Gasteiger partial charge < -0.3 is 4.74 Å². The van der Waals surface area contributed by atoms with E-state index in [9.17, 15) is 4.79 Å². The fraction of sp³-hybridized carbons (Fsp3) is 0.167. The van der Waals surface area contributed by atoms with Crippen LogP contribution < -0.4 is 4.74 Å². The molecule has 21 heavy (non-hydrogen) atoms. The minimum absolute atomic E-state index is 0.517. The second-order valence-electron chi connectivity index (χ2n) is 4.69. The van der Waals surface area contributed by atoms with Gasteiger partial charge in [-0.05, 0) is 16.8 Å². The number of hydrogen-bond acceptors (Lipinski definition) is 2. The monoisotopic (exact) mass is 300 g/mol. The lowest BCUT2D eigenvalue weighted by molar-refractivity contribution is 0.226. The van der Waals surface area contributed by atoms with E-state index < -0.39 is 5.43 Å². The van der Waals surface area contributed by atoms with Gasteiger partial charge in [0, 0.05) is 22.4 Å². The molecule has 0 unspecified atom stereocenters. The van der Waals surface area contributed by atoms with Crippen LogP contribution in [0, 0.1) is 0 Å². The van der Waals surface area contributed by atoms with Crippen LogP contribution >= 0.6 is 11.6 Å². The van der Waals surface area contributed by atoms with Gasteiger partial charge in [0.25, 0.3) is 0 Å². The van der Waals surface area contributed by atoms with Crippen LogP contribution in [0.5, 0.6) is 5.75 Å². The van der Waals surface area contributed by atoms with Gasteiger partial charge in [-0.1, -0.05) is 68.8 Å². The first kappa shape index (κ1) is 15.3. The number of benzene rings is 3. The fourth-order valence-electron chi connectivity index (χ4n) is 2.16. The minimum Gasteiger partial charge on any atom is -0.413 e. The SMILES string of the molecule is CCC.O=C(Cl)Oc1c2ccccc2cc2ccccc12. The molecule has 3 rings (SSSR count). The first-order valence-electron chi connectivity index (χ1n) is 6.95. The van der Waals surface area contributed by atoms with Gasteiger partial charge in [0.15, 0.2) is 0 Å². The molecule has 0 aromatic heterocycles. The number of carbonyl (C=O) groups is 1. The van der Waals surface area contributed by atoms with Crippen LogP contribution in [0.3, 0.4) is 0 Å². The third-order valence-electron chi connectivity index (χ3n) is 2.90. The van der Waals surface area contributed by atoms with Crippen molar-refractivity contribution in [3.05, 3.63) is 54.6 Å². The van der Waals surface area contributed by atoms with Gasteiger partial charge in [0.2, 0.25) is 0 Å². The smallest absolute Gasteiger partial charge is 0.409 e. The summed E-state index contributed by atoms with van der Waals surface area (Å²) >= 11 is 5.35. The molecule has 0 saturated heterocycles. The van der Waals surface area contributed by atoms with Crippen LogP contribution in [-0.4, -0.2) is 5.43 Å². The number of halogens is 1. The van der Waals surface area contributed by atoms with Crippen LogP contribution in [-0.2, 0) is 0 Å². The summed E-state index contributed by atoms with van der Waals surface area (Å²) in [7, 11) is 0. The molecule has 0 heterocycles. The highest BCUT2D eigenvalue weighted by atomic mass is 35.5. The van der Waals surface area contributed by atoms with Gasteiger partial charge in [-0.25, -0.2) is 4.79 Å². The summed E-state index contributed by atoms with van der Waals surface area (Å²) in [6, 6.07) is 17.6. The van der Waals surface area contributed by atoms with Gasteiger partial charge in [0.05, 0.1) is 0 Å². The van der Waals surface area contributed by atoms with E-state index in [2.05, 4.69) is 19.9 Å². The van der Waals surface area contributed by atoms with Crippen LogP contribution in [0.2, 0.25) is 0 Å². The zero-order valence-electron chi connectivity index (χ0n) is 12.1. The van der Waals surface area contributed by atoms with E-state index >= 15 is 0 Å². The maximum absolute atomic E-state index is 11.0. The molecule has 3 aromatic rings. The van der Waals surface area contributed by atoms with E-state index in [4.69, 9.17) is 16.3 Å². The van der Waals surface area contributed by atoms with Crippen molar-refractivity contribution in [2.75, 3.05) is 0 Å². The second kappa shape index (κ2) is 7.09. The quantitative estimate of drug-likeness (QED) is 0.398. The van der Waals surface area contributed by atoms with Crippen molar-refractivity contribution in [3.8, 4) is 5.75 Å². The lowest BCUT2D eigenvalue weighted by Crippen LogP contribution is -1.97. The lowest BCUT2D eigenvalue weighted by Gasteiger charge is -2.09. The van der Waals surface area contributed by atoms with Gasteiger partial charge in [0.1, 0.15) is 5.75 Å². The van der Waals surface area contributed by atoms with Crippen molar-refractivity contribution in [3.63, 3.8) is 0 Å². The molecule has 0 saturated carbocycles. The van der Waals surface area contributed by atoms with E-state index in [1.807, 2.05) is 48.5 Å². The average molecular weight is 301 g/mol. The summed E-state index contributed by atoms with van der Waals surface area (Å²) in [5.41, 5.74) is -0.823. The lowest BCUT2D eigenvalue weighted by atomic mass is 10.0. The molecule has 0 N–H and O–H groups in total. The topological polar surface area (TPSA) is 26.3 Å². The normalized spacial score (nSPS) is 10.0. The molecule has 2 nitrogen and oxygen atoms in total. The number of fused-ring (bicyclic) bond motifs is 2. The molecule has 0 amide bonds. The highest BCUT2D eigenvalue weighted by Gasteiger charge is 2.10. The summed E-state index contributed by atoms with van der Waals surface area (Å²) in [6.07, 6.45) is 1.25. The summed E-state index contributed by atoms with van der Waals surface area (Å²) < 4.78 is 5.17. The fourth-order valence-corrected chi connectivity index (χ4v) is 2.24. The van der Waals surface area contributed by atoms with Crippen molar-refractivity contribution in [1.82, 2.24) is 0 Å². The molecule has 0 aliphatic carbocycles. The summed E-state index contributed by atoms with van der Waals surface area (Å²) in [4.78, 5) is 11.0. The van der Waals surface area contributed by atoms with Gasteiger partial charge in [-0.15, -0.1) is 0 Å². The zero-order chi connectivity index (χ0) is 15.2. The first-order chi connectivity index (χ1) is 10.2. The van der Waals surface area contributed by atoms with Crippen LogP contribution in [0.25, 0.3) is 21.5 Å². The van der Waals surface area contributed by atoms with Crippen molar-refractivity contribution < 1.29 is 9.53 Å². The maximum atomic E-state index is 11.0. The molecule has 0 fully saturated rings. The molecular formula is C18H17ClO2. The molecule has 0 aliphatic heterocycles. The Hall–Kier alpha value is -2.06. The van der Waals surface area contributed by atoms with Gasteiger partial charge in [-0.3, -0.25) is 0 Å². The number of carbonyl (C=O) groups excluding carboxylic acids is 1. The molecule has 0 aliphatic rings. The van der Waals surface area contributed by atoms with Gasteiger partial charge >= 0.3 is 5.43 Å². The van der Waals surface area contributed by atoms with E-state index in [1.165, 1.54) is 6.42 Å². The van der Waals surface area contributed by atoms with Crippen LogP contribution in [0.1, 0.15) is 20.3 Å². The Morgan fingerprint density at radius 3 is 1.81 bits per heavy atom. The number of ether oxygens (including phenoxy) is 1. The summed E-state index contributed by atoms with van der Waals surface area (Å²) in [5, 5.41) is 3.80. The Bertz CT molecular complexity index is 711. The Labute approximate surface area is 129 Å². The standard InChI is InChI=1S/C15H9ClO2.C3H8/c16-15(17)18-14-12-7-3-1-5-10(12)9-11-6-2-4-8-13(11)14;1-3-2/h1-9H;3H2,1-2H3. The Morgan fingerprint density at radius 2 is 1.38 bits per heavy atom. The van der Waals surface area contributed by atoms with Crippen molar-refractivity contribution in [1.29, 1.82) is 0 Å². The maximum Gasteiger partial charge on any atom is 0.409 e. The van der Waals surface area contributed by atoms with Crippen molar-refractivity contribution in [2.24, 2.45) is 0 Å². The molecular weight excluding hydrogens is 284 g/mol. The van der Waals surface area contributed by atoms with Gasteiger partial charge in [-0.2, -0.15) is 0 Å². The Kier molecular flexibility index (Phi) is 5.18. The molecule has 3 aromatic carbocycles. The van der Waals surface area contributed by atoms with E-state index in [1.54, 1.807) is 0 Å². The van der Waals surface area contributed by atoms with Crippen LogP contribution in [0.4, 0.5) is 4.79 Å².